The highest BCUT2D eigenvalue weighted by molar-refractivity contribution is 5.78. The average Bonchev–Trinajstić information content (AvgIpc) is 2.16. The van der Waals surface area contributed by atoms with E-state index in [9.17, 15) is 13.6 Å². The maximum absolute atomic E-state index is 13.0. The molecule has 1 saturated carbocycles. The van der Waals surface area contributed by atoms with E-state index in [1.807, 2.05) is 0 Å². The van der Waals surface area contributed by atoms with Crippen molar-refractivity contribution in [3.05, 3.63) is 0 Å². The molecule has 1 heterocycles. The van der Waals surface area contributed by atoms with Gasteiger partial charge in [0.15, 0.2) is 0 Å². The normalized spacial score (nSPS) is 32.1. The van der Waals surface area contributed by atoms with E-state index in [4.69, 9.17) is 0 Å². The maximum Gasteiger partial charge on any atom is 0.323 e. The molecule has 0 aromatic heterocycles. The lowest BCUT2D eigenvalue weighted by Gasteiger charge is -2.52. The Labute approximate surface area is 87.2 Å². The molecule has 3 nitrogen and oxygen atoms in total. The lowest BCUT2D eigenvalue weighted by atomic mass is 9.63. The van der Waals surface area contributed by atoms with Gasteiger partial charge in [0.1, 0.15) is 6.04 Å². The summed E-state index contributed by atoms with van der Waals surface area (Å²) in [6.07, 6.45) is 0.601. The van der Waals surface area contributed by atoms with Gasteiger partial charge in [-0.3, -0.25) is 4.79 Å². The van der Waals surface area contributed by atoms with E-state index in [1.165, 1.54) is 7.11 Å². The van der Waals surface area contributed by atoms with Crippen molar-refractivity contribution in [2.75, 3.05) is 13.7 Å². The van der Waals surface area contributed by atoms with E-state index in [0.29, 0.717) is 19.4 Å². The molecule has 1 saturated heterocycles. The molecule has 1 atom stereocenters. The van der Waals surface area contributed by atoms with Crippen molar-refractivity contribution in [1.82, 2.24) is 5.32 Å². The fourth-order valence-corrected chi connectivity index (χ4v) is 2.52. The van der Waals surface area contributed by atoms with E-state index in [2.05, 4.69) is 10.1 Å². The van der Waals surface area contributed by atoms with E-state index in [-0.39, 0.29) is 30.3 Å². The molecule has 0 aromatic carbocycles. The molecule has 0 amide bonds. The van der Waals surface area contributed by atoms with Gasteiger partial charge in [0.2, 0.25) is 5.92 Å². The first kappa shape index (κ1) is 10.8. The van der Waals surface area contributed by atoms with E-state index < -0.39 is 5.92 Å². The second-order valence-electron chi connectivity index (χ2n) is 4.56. The minimum Gasteiger partial charge on any atom is -0.468 e. The number of ether oxygens (including phenoxy) is 1. The third-order valence-corrected chi connectivity index (χ3v) is 3.68. The second-order valence-corrected chi connectivity index (χ2v) is 4.56. The van der Waals surface area contributed by atoms with Crippen LogP contribution in [0.1, 0.15) is 25.7 Å². The summed E-state index contributed by atoms with van der Waals surface area (Å²) in [5.74, 6) is -2.87. The number of esters is 1. The van der Waals surface area contributed by atoms with E-state index in [1.54, 1.807) is 0 Å². The molecule has 0 aromatic rings. The first-order chi connectivity index (χ1) is 6.99. The van der Waals surface area contributed by atoms with Crippen molar-refractivity contribution < 1.29 is 18.3 Å². The van der Waals surface area contributed by atoms with Gasteiger partial charge in [-0.05, 0) is 12.8 Å². The van der Waals surface area contributed by atoms with Crippen LogP contribution in [0.25, 0.3) is 0 Å². The number of carbonyl (C=O) groups excluding carboxylic acids is 1. The summed E-state index contributed by atoms with van der Waals surface area (Å²) in [4.78, 5) is 11.4. The predicted molar refractivity (Wildman–Crippen MR) is 49.7 cm³/mol. The number of hydrogen-bond acceptors (Lipinski definition) is 3. The highest BCUT2D eigenvalue weighted by Crippen LogP contribution is 2.48. The van der Waals surface area contributed by atoms with Crippen molar-refractivity contribution in [3.63, 3.8) is 0 Å². The van der Waals surface area contributed by atoms with Gasteiger partial charge in [0.05, 0.1) is 7.11 Å². The third kappa shape index (κ3) is 1.73. The van der Waals surface area contributed by atoms with Crippen LogP contribution in [0.3, 0.4) is 0 Å². The number of halogens is 2. The fraction of sp³-hybridized carbons (Fsp3) is 0.900. The number of methoxy groups -OCH3 is 1. The van der Waals surface area contributed by atoms with Crippen LogP contribution < -0.4 is 5.32 Å². The van der Waals surface area contributed by atoms with E-state index >= 15 is 0 Å². The molecule has 86 valence electrons. The zero-order chi connectivity index (χ0) is 11.1. The molecule has 1 spiro atoms. The molecule has 1 N–H and O–H groups in total. The molecule has 15 heavy (non-hydrogen) atoms. The van der Waals surface area contributed by atoms with Gasteiger partial charge in [0, 0.05) is 24.8 Å². The first-order valence-electron chi connectivity index (χ1n) is 5.18. The number of nitrogens with one attached hydrogen (secondary N) is 1. The van der Waals surface area contributed by atoms with Crippen LogP contribution in [-0.4, -0.2) is 31.6 Å². The van der Waals surface area contributed by atoms with Crippen LogP contribution in [0.15, 0.2) is 0 Å². The summed E-state index contributed by atoms with van der Waals surface area (Å²) < 4.78 is 30.6. The van der Waals surface area contributed by atoms with Gasteiger partial charge in [-0.25, -0.2) is 8.78 Å². The summed E-state index contributed by atoms with van der Waals surface area (Å²) >= 11 is 0. The van der Waals surface area contributed by atoms with Crippen molar-refractivity contribution in [3.8, 4) is 0 Å². The predicted octanol–water partition coefficient (Wildman–Crippen LogP) is 1.33. The topological polar surface area (TPSA) is 38.3 Å². The number of hydrogen-bond donors (Lipinski definition) is 1. The van der Waals surface area contributed by atoms with Crippen molar-refractivity contribution in [2.45, 2.75) is 37.6 Å². The van der Waals surface area contributed by atoms with Crippen LogP contribution in [0, 0.1) is 5.41 Å². The molecular formula is C10H15F2NO2. The third-order valence-electron chi connectivity index (χ3n) is 3.68. The van der Waals surface area contributed by atoms with Crippen LogP contribution in [0.4, 0.5) is 8.78 Å². The zero-order valence-corrected chi connectivity index (χ0v) is 8.69. The molecule has 0 bridgehead atoms. The molecule has 0 unspecified atom stereocenters. The Bertz CT molecular complexity index is 271. The largest absolute Gasteiger partial charge is 0.468 e. The van der Waals surface area contributed by atoms with Crippen LogP contribution in [0.5, 0.6) is 0 Å². The molecule has 1 aliphatic heterocycles. The second kappa shape index (κ2) is 3.40. The SMILES string of the molecule is COC(=O)[C@@H]1NCC12CCC(F)(F)CC2. The van der Waals surface area contributed by atoms with Crippen LogP contribution >= 0.6 is 0 Å². The Kier molecular flexibility index (Phi) is 2.45. The Morgan fingerprint density at radius 3 is 2.33 bits per heavy atom. The first-order valence-corrected chi connectivity index (χ1v) is 5.18. The van der Waals surface area contributed by atoms with Gasteiger partial charge in [-0.1, -0.05) is 0 Å². The standard InChI is InChI=1S/C10H15F2NO2/c1-15-8(14)7-9(6-13-7)2-4-10(11,12)5-3-9/h7,13H,2-6H2,1H3/t7-/m0/s1. The monoisotopic (exact) mass is 219 g/mol. The Morgan fingerprint density at radius 2 is 1.93 bits per heavy atom. The minimum absolute atomic E-state index is 0.109. The molecule has 0 radical (unpaired) electrons. The summed E-state index contributed by atoms with van der Waals surface area (Å²) in [5, 5.41) is 2.96. The van der Waals surface area contributed by atoms with Gasteiger partial charge < -0.3 is 10.1 Å². The Balaban J connectivity index is 2.01. The lowest BCUT2D eigenvalue weighted by Crippen LogP contribution is -2.67. The molecule has 2 fully saturated rings. The minimum atomic E-state index is -2.54. The van der Waals surface area contributed by atoms with Gasteiger partial charge >= 0.3 is 5.97 Å². The van der Waals surface area contributed by atoms with Crippen LogP contribution in [0.2, 0.25) is 0 Å². The molecule has 1 aliphatic carbocycles. The summed E-state index contributed by atoms with van der Waals surface area (Å²) in [6, 6.07) is -0.376. The summed E-state index contributed by atoms with van der Waals surface area (Å²) in [6.45, 7) is 0.656. The van der Waals surface area contributed by atoms with Crippen molar-refractivity contribution in [2.24, 2.45) is 5.41 Å². The van der Waals surface area contributed by atoms with Gasteiger partial charge in [-0.15, -0.1) is 0 Å². The average molecular weight is 219 g/mol. The zero-order valence-electron chi connectivity index (χ0n) is 8.69. The van der Waals surface area contributed by atoms with Gasteiger partial charge in [0.25, 0.3) is 0 Å². The maximum atomic E-state index is 13.0. The van der Waals surface area contributed by atoms with E-state index in [0.717, 1.165) is 0 Å². The number of alkyl halides is 2. The number of rotatable bonds is 1. The lowest BCUT2D eigenvalue weighted by molar-refractivity contribution is -0.159. The molecule has 2 rings (SSSR count). The molecule has 2 aliphatic rings. The Hall–Kier alpha value is -0.710. The highest BCUT2D eigenvalue weighted by atomic mass is 19.3. The van der Waals surface area contributed by atoms with Crippen molar-refractivity contribution in [1.29, 1.82) is 0 Å². The summed E-state index contributed by atoms with van der Waals surface area (Å²) in [5.41, 5.74) is -0.269. The fourth-order valence-electron chi connectivity index (χ4n) is 2.52. The van der Waals surface area contributed by atoms with Crippen molar-refractivity contribution >= 4 is 5.97 Å². The molecule has 5 heteroatoms. The van der Waals surface area contributed by atoms with Crippen LogP contribution in [-0.2, 0) is 9.53 Å². The highest BCUT2D eigenvalue weighted by Gasteiger charge is 2.55. The quantitative estimate of drug-likeness (QED) is 0.676. The number of carbonyl (C=O) groups is 1. The van der Waals surface area contributed by atoms with Gasteiger partial charge in [-0.2, -0.15) is 0 Å². The smallest absolute Gasteiger partial charge is 0.323 e. The molecular weight excluding hydrogens is 204 g/mol. The Morgan fingerprint density at radius 1 is 1.33 bits per heavy atom. The summed E-state index contributed by atoms with van der Waals surface area (Å²) in [7, 11) is 1.33.